The molecule has 0 bridgehead atoms. The molecule has 22 heavy (non-hydrogen) atoms. The van der Waals surface area contributed by atoms with Gasteiger partial charge in [0, 0.05) is 0 Å². The predicted octanol–water partition coefficient (Wildman–Crippen LogP) is 1.84. The minimum absolute atomic E-state index is 0.370. The first kappa shape index (κ1) is 20.9. The number of carbonyl (C=O) groups is 2. The molecule has 0 aliphatic rings. The van der Waals surface area contributed by atoms with Crippen molar-refractivity contribution in [3.05, 3.63) is 0 Å². The van der Waals surface area contributed by atoms with Crippen molar-refractivity contribution in [3.63, 3.8) is 0 Å². The van der Waals surface area contributed by atoms with Gasteiger partial charge in [-0.1, -0.05) is 34.6 Å². The van der Waals surface area contributed by atoms with Gasteiger partial charge in [0.25, 0.3) is 10.1 Å². The lowest BCUT2D eigenvalue weighted by atomic mass is 9.70. The van der Waals surface area contributed by atoms with E-state index in [-0.39, 0.29) is 11.8 Å². The molecule has 0 heterocycles. The van der Waals surface area contributed by atoms with Crippen LogP contribution in [-0.4, -0.2) is 40.9 Å². The Bertz CT molecular complexity index is 497. The van der Waals surface area contributed by atoms with Crippen molar-refractivity contribution in [2.75, 3.05) is 5.75 Å². The molecule has 0 rings (SSSR count). The van der Waals surface area contributed by atoms with Crippen LogP contribution in [0.25, 0.3) is 0 Å². The molecule has 5 unspecified atom stereocenters. The minimum atomic E-state index is -4.16. The molecular weight excluding hydrogens is 312 g/mol. The van der Waals surface area contributed by atoms with Crippen LogP contribution < -0.4 is 0 Å². The van der Waals surface area contributed by atoms with Crippen molar-refractivity contribution < 1.29 is 32.8 Å². The summed E-state index contributed by atoms with van der Waals surface area (Å²) in [6, 6.07) is 0. The summed E-state index contributed by atoms with van der Waals surface area (Å²) >= 11 is 0. The number of aliphatic carboxylic acids is 2. The maximum atomic E-state index is 11.6. The van der Waals surface area contributed by atoms with Gasteiger partial charge in [-0.25, -0.2) is 0 Å². The van der Waals surface area contributed by atoms with Gasteiger partial charge in [-0.3, -0.25) is 14.1 Å². The number of carboxylic acids is 2. The molecule has 0 aliphatic carbocycles. The standard InChI is InChI=1S/C14H26O7S/c1-7(2)11(13(15)16)12(14(17)18)10(5)9(4)8(3)6-22(19,20)21/h7-12H,6H2,1-5H3,(H,15,16)(H,17,18)(H,19,20,21). The van der Waals surface area contributed by atoms with Crippen LogP contribution in [0.2, 0.25) is 0 Å². The third-order valence-electron chi connectivity index (χ3n) is 4.44. The predicted molar refractivity (Wildman–Crippen MR) is 81.0 cm³/mol. The number of carboxylic acid groups (broad SMARTS) is 2. The van der Waals surface area contributed by atoms with Crippen LogP contribution >= 0.6 is 0 Å². The van der Waals surface area contributed by atoms with E-state index in [2.05, 4.69) is 0 Å². The lowest BCUT2D eigenvalue weighted by Gasteiger charge is -2.34. The van der Waals surface area contributed by atoms with Gasteiger partial charge in [0.2, 0.25) is 0 Å². The van der Waals surface area contributed by atoms with Crippen LogP contribution in [0.3, 0.4) is 0 Å². The van der Waals surface area contributed by atoms with Gasteiger partial charge in [0.15, 0.2) is 0 Å². The van der Waals surface area contributed by atoms with Crippen LogP contribution in [0.4, 0.5) is 0 Å². The smallest absolute Gasteiger partial charge is 0.307 e. The van der Waals surface area contributed by atoms with Crippen molar-refractivity contribution >= 4 is 22.1 Å². The Hall–Kier alpha value is -1.15. The third-order valence-corrected chi connectivity index (χ3v) is 5.39. The SMILES string of the molecule is CC(C)C(C(=O)O)C(C(=O)O)C(C)C(C)C(C)CS(=O)(=O)O. The minimum Gasteiger partial charge on any atom is -0.481 e. The summed E-state index contributed by atoms with van der Waals surface area (Å²) in [5, 5.41) is 18.8. The second kappa shape index (κ2) is 7.92. The largest absolute Gasteiger partial charge is 0.481 e. The molecule has 7 nitrogen and oxygen atoms in total. The molecule has 130 valence electrons. The second-order valence-corrected chi connectivity index (χ2v) is 7.91. The van der Waals surface area contributed by atoms with Crippen molar-refractivity contribution in [2.45, 2.75) is 34.6 Å². The average Bonchev–Trinajstić information content (AvgIpc) is 2.30. The van der Waals surface area contributed by atoms with Crippen LogP contribution in [0.5, 0.6) is 0 Å². The van der Waals surface area contributed by atoms with E-state index in [1.165, 1.54) is 0 Å². The molecule has 0 saturated carbocycles. The molecule has 0 aromatic heterocycles. The summed E-state index contributed by atoms with van der Waals surface area (Å²) in [6.45, 7) is 8.18. The van der Waals surface area contributed by atoms with Gasteiger partial charge in [0.1, 0.15) is 0 Å². The van der Waals surface area contributed by atoms with E-state index in [1.807, 2.05) is 0 Å². The maximum Gasteiger partial charge on any atom is 0.307 e. The molecule has 0 aromatic rings. The van der Waals surface area contributed by atoms with Crippen molar-refractivity contribution in [1.29, 1.82) is 0 Å². The molecule has 0 fully saturated rings. The molecule has 8 heteroatoms. The zero-order chi connectivity index (χ0) is 17.8. The fraction of sp³-hybridized carbons (Fsp3) is 0.857. The molecule has 3 N–H and O–H groups in total. The third kappa shape index (κ3) is 5.92. The Morgan fingerprint density at radius 1 is 0.864 bits per heavy atom. The quantitative estimate of drug-likeness (QED) is 0.547. The molecule has 0 aliphatic heterocycles. The highest BCUT2D eigenvalue weighted by Gasteiger charge is 2.42. The highest BCUT2D eigenvalue weighted by atomic mass is 32.2. The van der Waals surface area contributed by atoms with E-state index in [9.17, 15) is 28.2 Å². The van der Waals surface area contributed by atoms with Crippen LogP contribution in [0.15, 0.2) is 0 Å². The summed E-state index contributed by atoms with van der Waals surface area (Å²) in [4.78, 5) is 23.0. The molecule has 0 amide bonds. The zero-order valence-electron chi connectivity index (χ0n) is 13.6. The fourth-order valence-electron chi connectivity index (χ4n) is 2.89. The summed E-state index contributed by atoms with van der Waals surface area (Å²) in [5.41, 5.74) is 0. The van der Waals surface area contributed by atoms with Gasteiger partial charge < -0.3 is 10.2 Å². The van der Waals surface area contributed by atoms with E-state index >= 15 is 0 Å². The normalized spacial score (nSPS) is 19.2. The maximum absolute atomic E-state index is 11.6. The Morgan fingerprint density at radius 2 is 1.27 bits per heavy atom. The molecule has 0 aromatic carbocycles. The highest BCUT2D eigenvalue weighted by Crippen LogP contribution is 2.35. The van der Waals surface area contributed by atoms with E-state index in [0.29, 0.717) is 0 Å². The van der Waals surface area contributed by atoms with E-state index in [4.69, 9.17) is 4.55 Å². The molecule has 5 atom stereocenters. The zero-order valence-corrected chi connectivity index (χ0v) is 14.4. The van der Waals surface area contributed by atoms with Gasteiger partial charge in [0.05, 0.1) is 17.6 Å². The van der Waals surface area contributed by atoms with Crippen molar-refractivity contribution in [2.24, 2.45) is 35.5 Å². The van der Waals surface area contributed by atoms with Crippen molar-refractivity contribution in [1.82, 2.24) is 0 Å². The first-order valence-corrected chi connectivity index (χ1v) is 8.81. The first-order valence-electron chi connectivity index (χ1n) is 7.20. The molecular formula is C14H26O7S. The second-order valence-electron chi connectivity index (χ2n) is 6.42. The summed E-state index contributed by atoms with van der Waals surface area (Å²) < 4.78 is 30.8. The first-order chi connectivity index (χ1) is 9.79. The Kier molecular flexibility index (Phi) is 7.50. The number of hydrogen-bond acceptors (Lipinski definition) is 4. The van der Waals surface area contributed by atoms with E-state index in [1.54, 1.807) is 34.6 Å². The average molecular weight is 338 g/mol. The van der Waals surface area contributed by atoms with Crippen LogP contribution in [-0.2, 0) is 19.7 Å². The summed E-state index contributed by atoms with van der Waals surface area (Å²) in [7, 11) is -4.16. The topological polar surface area (TPSA) is 129 Å². The van der Waals surface area contributed by atoms with E-state index < -0.39 is 51.5 Å². The molecule has 0 radical (unpaired) electrons. The molecule has 0 saturated heterocycles. The fourth-order valence-corrected chi connectivity index (χ4v) is 3.86. The summed E-state index contributed by atoms with van der Waals surface area (Å²) in [5.74, 6) is -6.86. The van der Waals surface area contributed by atoms with Gasteiger partial charge in [-0.2, -0.15) is 8.42 Å². The molecule has 0 spiro atoms. The monoisotopic (exact) mass is 338 g/mol. The van der Waals surface area contributed by atoms with Gasteiger partial charge in [-0.15, -0.1) is 0 Å². The highest BCUT2D eigenvalue weighted by molar-refractivity contribution is 7.85. The van der Waals surface area contributed by atoms with Crippen LogP contribution in [0, 0.1) is 35.5 Å². The lowest BCUT2D eigenvalue weighted by Crippen LogP contribution is -2.41. The number of rotatable bonds is 9. The van der Waals surface area contributed by atoms with Crippen LogP contribution in [0.1, 0.15) is 34.6 Å². The van der Waals surface area contributed by atoms with E-state index in [0.717, 1.165) is 0 Å². The number of hydrogen-bond donors (Lipinski definition) is 3. The van der Waals surface area contributed by atoms with Crippen molar-refractivity contribution in [3.8, 4) is 0 Å². The Morgan fingerprint density at radius 3 is 1.55 bits per heavy atom. The summed E-state index contributed by atoms with van der Waals surface area (Å²) in [6.07, 6.45) is 0. The van der Waals surface area contributed by atoms with Gasteiger partial charge in [-0.05, 0) is 23.7 Å². The van der Waals surface area contributed by atoms with Gasteiger partial charge >= 0.3 is 11.9 Å². The Labute approximate surface area is 131 Å². The lowest BCUT2D eigenvalue weighted by molar-refractivity contribution is -0.159. The Balaban J connectivity index is 5.42.